The largest absolute Gasteiger partial charge is 0.310 e. The zero-order chi connectivity index (χ0) is 15.5. The molecule has 1 aromatic heterocycles. The highest BCUT2D eigenvalue weighted by Crippen LogP contribution is 2.23. The van der Waals surface area contributed by atoms with E-state index in [9.17, 15) is 8.42 Å². The van der Waals surface area contributed by atoms with Crippen LogP contribution in [0.4, 0.5) is 5.13 Å². The molecule has 0 spiro atoms. The summed E-state index contributed by atoms with van der Waals surface area (Å²) in [5.74, 6) is 0. The van der Waals surface area contributed by atoms with Crippen molar-refractivity contribution in [3.8, 4) is 0 Å². The summed E-state index contributed by atoms with van der Waals surface area (Å²) in [4.78, 5) is 0.0935. The van der Waals surface area contributed by atoms with Gasteiger partial charge in [-0.1, -0.05) is 42.9 Å². The molecule has 9 heteroatoms. The van der Waals surface area contributed by atoms with Crippen molar-refractivity contribution in [2.75, 3.05) is 4.72 Å². The van der Waals surface area contributed by atoms with Gasteiger partial charge in [0.05, 0.1) is 4.90 Å². The van der Waals surface area contributed by atoms with Crippen molar-refractivity contribution in [3.63, 3.8) is 0 Å². The third kappa shape index (κ3) is 4.37. The van der Waals surface area contributed by atoms with E-state index in [-0.39, 0.29) is 10.0 Å². The molecule has 0 saturated heterocycles. The Balaban J connectivity index is 2.19. The van der Waals surface area contributed by atoms with Crippen LogP contribution in [0, 0.1) is 0 Å². The maximum atomic E-state index is 12.2. The third-order valence-electron chi connectivity index (χ3n) is 2.62. The van der Waals surface area contributed by atoms with Gasteiger partial charge in [0.2, 0.25) is 5.13 Å². The average molecular weight is 347 g/mol. The second kappa shape index (κ2) is 6.69. The summed E-state index contributed by atoms with van der Waals surface area (Å²) in [5, 5.41) is 11.1. The molecule has 6 nitrogen and oxygen atoms in total. The summed E-state index contributed by atoms with van der Waals surface area (Å²) in [6.45, 7) is 4.64. The van der Waals surface area contributed by atoms with Gasteiger partial charge in [-0.15, -0.1) is 10.2 Å². The van der Waals surface area contributed by atoms with Crippen LogP contribution in [0.2, 0.25) is 5.02 Å². The van der Waals surface area contributed by atoms with Gasteiger partial charge in [-0.25, -0.2) is 8.42 Å². The van der Waals surface area contributed by atoms with Gasteiger partial charge in [-0.2, -0.15) is 0 Å². The molecule has 21 heavy (non-hydrogen) atoms. The number of sulfonamides is 1. The molecule has 0 bridgehead atoms. The summed E-state index contributed by atoms with van der Waals surface area (Å²) in [6.07, 6.45) is 0. The summed E-state index contributed by atoms with van der Waals surface area (Å²) in [6, 6.07) is 4.98. The van der Waals surface area contributed by atoms with Crippen LogP contribution >= 0.6 is 22.9 Å². The van der Waals surface area contributed by atoms with Crippen LogP contribution in [0.1, 0.15) is 19.4 Å². The van der Waals surface area contributed by atoms with Crippen molar-refractivity contribution >= 4 is 38.1 Å². The minimum absolute atomic E-state index is 0.0935. The highest BCUT2D eigenvalue weighted by Gasteiger charge is 2.17. The van der Waals surface area contributed by atoms with E-state index in [1.54, 1.807) is 6.07 Å². The van der Waals surface area contributed by atoms with E-state index >= 15 is 0 Å². The second-order valence-corrected chi connectivity index (χ2v) is 7.56. The number of hydrogen-bond donors (Lipinski definition) is 2. The van der Waals surface area contributed by atoms with E-state index in [4.69, 9.17) is 11.6 Å². The quantitative estimate of drug-likeness (QED) is 0.839. The second-order valence-electron chi connectivity index (χ2n) is 4.64. The smallest absolute Gasteiger partial charge is 0.263 e. The molecule has 1 aromatic carbocycles. The van der Waals surface area contributed by atoms with Crippen molar-refractivity contribution in [1.29, 1.82) is 0 Å². The molecule has 114 valence electrons. The predicted octanol–water partition coefficient (Wildman–Crippen LogP) is 2.49. The van der Waals surface area contributed by atoms with Crippen LogP contribution in [-0.4, -0.2) is 24.7 Å². The van der Waals surface area contributed by atoms with Gasteiger partial charge < -0.3 is 5.32 Å². The normalized spacial score (nSPS) is 11.8. The number of aromatic nitrogens is 2. The number of nitrogens with zero attached hydrogens (tertiary/aromatic N) is 2. The SMILES string of the molecule is CC(C)NCc1ccc(S(=O)(=O)Nc2nncs2)cc1Cl. The first-order valence-electron chi connectivity index (χ1n) is 6.19. The Kier molecular flexibility index (Phi) is 5.15. The molecule has 0 unspecified atom stereocenters. The standard InChI is InChI=1S/C12H15ClN4O2S2/c1-8(2)14-6-9-3-4-10(5-11(9)13)21(18,19)17-12-16-15-7-20-12/h3-5,7-8,14H,6H2,1-2H3,(H,16,17). The minimum Gasteiger partial charge on any atom is -0.310 e. The highest BCUT2D eigenvalue weighted by molar-refractivity contribution is 7.93. The molecule has 0 radical (unpaired) electrons. The maximum Gasteiger partial charge on any atom is 0.263 e. The number of hydrogen-bond acceptors (Lipinski definition) is 6. The molecule has 0 atom stereocenters. The molecule has 0 aliphatic carbocycles. The first-order chi connectivity index (χ1) is 9.88. The van der Waals surface area contributed by atoms with Gasteiger partial charge in [0.25, 0.3) is 10.0 Å². The number of halogens is 1. The van der Waals surface area contributed by atoms with Gasteiger partial charge in [0.1, 0.15) is 5.51 Å². The Morgan fingerprint density at radius 1 is 1.38 bits per heavy atom. The van der Waals surface area contributed by atoms with Crippen LogP contribution in [0.25, 0.3) is 0 Å². The fraction of sp³-hybridized carbons (Fsp3) is 0.333. The molecule has 2 rings (SSSR count). The van der Waals surface area contributed by atoms with Crippen molar-refractivity contribution in [2.24, 2.45) is 0 Å². The third-order valence-corrected chi connectivity index (χ3v) is 5.04. The molecule has 0 aliphatic rings. The van der Waals surface area contributed by atoms with Gasteiger partial charge in [0.15, 0.2) is 0 Å². The zero-order valence-corrected chi connectivity index (χ0v) is 13.9. The lowest BCUT2D eigenvalue weighted by molar-refractivity contribution is 0.588. The van der Waals surface area contributed by atoms with Crippen LogP contribution in [0.3, 0.4) is 0 Å². The fourth-order valence-electron chi connectivity index (χ4n) is 1.54. The Hall–Kier alpha value is -1.22. The number of anilines is 1. The predicted molar refractivity (Wildman–Crippen MR) is 84.1 cm³/mol. The van der Waals surface area contributed by atoms with Crippen molar-refractivity contribution in [3.05, 3.63) is 34.3 Å². The van der Waals surface area contributed by atoms with Gasteiger partial charge in [-0.3, -0.25) is 4.72 Å². The number of benzene rings is 1. The van der Waals surface area contributed by atoms with E-state index in [2.05, 4.69) is 20.2 Å². The number of rotatable bonds is 6. The first kappa shape index (κ1) is 16.2. The van der Waals surface area contributed by atoms with Crippen LogP contribution in [0.5, 0.6) is 0 Å². The Morgan fingerprint density at radius 3 is 2.71 bits per heavy atom. The molecular formula is C12H15ClN4O2S2. The van der Waals surface area contributed by atoms with Crippen molar-refractivity contribution < 1.29 is 8.42 Å². The molecule has 0 amide bonds. The lowest BCUT2D eigenvalue weighted by Crippen LogP contribution is -2.22. The number of nitrogens with one attached hydrogen (secondary N) is 2. The Morgan fingerprint density at radius 2 is 2.14 bits per heavy atom. The van der Waals surface area contributed by atoms with E-state index in [1.807, 2.05) is 13.8 Å². The molecule has 0 aliphatic heterocycles. The summed E-state index contributed by atoms with van der Waals surface area (Å²) in [5.41, 5.74) is 2.30. The first-order valence-corrected chi connectivity index (χ1v) is 8.93. The lowest BCUT2D eigenvalue weighted by Gasteiger charge is -2.11. The average Bonchev–Trinajstić information content (AvgIpc) is 2.89. The van der Waals surface area contributed by atoms with Crippen molar-refractivity contribution in [2.45, 2.75) is 31.3 Å². The van der Waals surface area contributed by atoms with Gasteiger partial charge >= 0.3 is 0 Å². The van der Waals surface area contributed by atoms with E-state index < -0.39 is 10.0 Å². The molecule has 2 N–H and O–H groups in total. The summed E-state index contributed by atoms with van der Waals surface area (Å²) < 4.78 is 26.7. The van der Waals surface area contributed by atoms with Crippen molar-refractivity contribution in [1.82, 2.24) is 15.5 Å². The van der Waals surface area contributed by atoms with Crippen LogP contribution < -0.4 is 10.0 Å². The Labute approximate surface area is 132 Å². The lowest BCUT2D eigenvalue weighted by atomic mass is 10.2. The zero-order valence-electron chi connectivity index (χ0n) is 11.5. The Bertz CT molecular complexity index is 702. The summed E-state index contributed by atoms with van der Waals surface area (Å²) >= 11 is 7.25. The topological polar surface area (TPSA) is 84.0 Å². The van der Waals surface area contributed by atoms with E-state index in [0.29, 0.717) is 17.6 Å². The van der Waals surface area contributed by atoms with E-state index in [1.165, 1.54) is 17.6 Å². The van der Waals surface area contributed by atoms with Crippen LogP contribution in [-0.2, 0) is 16.6 Å². The highest BCUT2D eigenvalue weighted by atomic mass is 35.5. The van der Waals surface area contributed by atoms with Crippen LogP contribution in [0.15, 0.2) is 28.6 Å². The molecular weight excluding hydrogens is 332 g/mol. The van der Waals surface area contributed by atoms with Gasteiger partial charge in [-0.05, 0) is 17.7 Å². The monoisotopic (exact) mass is 346 g/mol. The minimum atomic E-state index is -3.70. The molecule has 0 saturated carbocycles. The molecule has 1 heterocycles. The van der Waals surface area contributed by atoms with Gasteiger partial charge in [0, 0.05) is 17.6 Å². The fourth-order valence-corrected chi connectivity index (χ4v) is 3.57. The van der Waals surface area contributed by atoms with E-state index in [0.717, 1.165) is 16.9 Å². The maximum absolute atomic E-state index is 12.2. The summed E-state index contributed by atoms with van der Waals surface area (Å²) in [7, 11) is -3.70. The molecule has 2 aromatic rings. The molecule has 0 fully saturated rings.